The molecule has 1 saturated carbocycles. The van der Waals surface area contributed by atoms with E-state index in [2.05, 4.69) is 25.8 Å². The van der Waals surface area contributed by atoms with Crippen LogP contribution < -0.4 is 0 Å². The van der Waals surface area contributed by atoms with E-state index in [0.717, 1.165) is 58.7 Å². The second kappa shape index (κ2) is 9.91. The van der Waals surface area contributed by atoms with Crippen molar-refractivity contribution in [2.75, 3.05) is 0 Å². The van der Waals surface area contributed by atoms with Crippen molar-refractivity contribution in [1.82, 2.24) is 29.2 Å². The van der Waals surface area contributed by atoms with E-state index in [4.69, 9.17) is 25.5 Å². The Kier molecular flexibility index (Phi) is 6.57. The summed E-state index contributed by atoms with van der Waals surface area (Å²) in [6.45, 7) is 6.05. The Labute approximate surface area is 229 Å². The van der Waals surface area contributed by atoms with Crippen molar-refractivity contribution < 1.29 is 14.4 Å². The fourth-order valence-electron chi connectivity index (χ4n) is 5.39. The third-order valence-electron chi connectivity index (χ3n) is 7.03. The standard InChI is InChI=1S/C27H29ClN6O3S/c1-27(2,3)36-26(35)37-33-14-18-13-19(28)10-11-20(18)34-22(15-33)30-31-25(34)17-8-6-16(7-9-17)23-24-21(38-32-23)5-4-12-29-24/h4-5,10-13,16-17H,6-9,14-15H2,1-3H3/t16-,17-. The van der Waals surface area contributed by atoms with Gasteiger partial charge >= 0.3 is 6.16 Å². The Hall–Kier alpha value is -3.08. The number of hydrogen-bond acceptors (Lipinski definition) is 9. The average Bonchev–Trinajstić information content (AvgIpc) is 3.44. The maximum atomic E-state index is 12.4. The molecule has 0 atom stereocenters. The lowest BCUT2D eigenvalue weighted by Crippen LogP contribution is -2.31. The zero-order valence-electron chi connectivity index (χ0n) is 21.6. The minimum Gasteiger partial charge on any atom is -0.427 e. The molecule has 6 rings (SSSR count). The Balaban J connectivity index is 1.26. The molecule has 0 radical (unpaired) electrons. The van der Waals surface area contributed by atoms with Crippen molar-refractivity contribution in [3.63, 3.8) is 0 Å². The molecule has 1 aliphatic heterocycles. The highest BCUT2D eigenvalue weighted by atomic mass is 35.5. The molecule has 0 N–H and O–H groups in total. The number of aromatic nitrogens is 5. The molecular weight excluding hydrogens is 524 g/mol. The fourth-order valence-corrected chi connectivity index (χ4v) is 6.40. The quantitative estimate of drug-likeness (QED) is 0.264. The predicted molar refractivity (Wildman–Crippen MR) is 144 cm³/mol. The molecule has 1 aromatic carbocycles. The van der Waals surface area contributed by atoms with Gasteiger partial charge in [0.25, 0.3) is 0 Å². The largest absolute Gasteiger partial charge is 0.528 e. The summed E-state index contributed by atoms with van der Waals surface area (Å²) in [6, 6.07) is 9.81. The molecule has 2 aliphatic rings. The second-order valence-electron chi connectivity index (χ2n) is 10.9. The van der Waals surface area contributed by atoms with Crippen molar-refractivity contribution >= 4 is 39.5 Å². The van der Waals surface area contributed by atoms with Gasteiger partial charge in [-0.3, -0.25) is 9.55 Å². The summed E-state index contributed by atoms with van der Waals surface area (Å²) < 4.78 is 13.4. The van der Waals surface area contributed by atoms with Crippen LogP contribution in [-0.4, -0.2) is 40.9 Å². The molecule has 38 heavy (non-hydrogen) atoms. The molecule has 4 aromatic rings. The van der Waals surface area contributed by atoms with Crippen LogP contribution in [0.1, 0.15) is 81.2 Å². The van der Waals surface area contributed by atoms with Crippen LogP contribution in [0.5, 0.6) is 0 Å². The number of hydroxylamine groups is 2. The summed E-state index contributed by atoms with van der Waals surface area (Å²) >= 11 is 7.89. The molecular formula is C27H29ClN6O3S. The molecule has 0 unspecified atom stereocenters. The summed E-state index contributed by atoms with van der Waals surface area (Å²) in [6.07, 6.45) is 5.09. The highest BCUT2D eigenvalue weighted by Crippen LogP contribution is 2.43. The SMILES string of the molecule is CC(C)(C)OC(=O)ON1Cc2cc(Cl)ccc2-n2c(nnc2[C@H]2CC[C@H](c3nsc4cccnc43)CC2)C1. The highest BCUT2D eigenvalue weighted by molar-refractivity contribution is 7.13. The van der Waals surface area contributed by atoms with Crippen LogP contribution in [0.4, 0.5) is 4.79 Å². The lowest BCUT2D eigenvalue weighted by molar-refractivity contribution is -0.155. The normalized spacial score (nSPS) is 20.0. The van der Waals surface area contributed by atoms with Crippen molar-refractivity contribution in [2.24, 2.45) is 0 Å². The fraction of sp³-hybridized carbons (Fsp3) is 0.444. The van der Waals surface area contributed by atoms with Crippen molar-refractivity contribution in [3.05, 3.63) is 64.5 Å². The number of carbonyl (C=O) groups excluding carboxylic acids is 1. The molecule has 0 bridgehead atoms. The average molecular weight is 553 g/mol. The Morgan fingerprint density at radius 3 is 2.66 bits per heavy atom. The van der Waals surface area contributed by atoms with Crippen molar-refractivity contribution in [3.8, 4) is 5.69 Å². The highest BCUT2D eigenvalue weighted by Gasteiger charge is 2.33. The second-order valence-corrected chi connectivity index (χ2v) is 12.1. The Bertz CT molecular complexity index is 1490. The van der Waals surface area contributed by atoms with Gasteiger partial charge in [-0.05, 0) is 93.9 Å². The van der Waals surface area contributed by atoms with Crippen molar-refractivity contribution in [2.45, 2.75) is 77.0 Å². The first-order chi connectivity index (χ1) is 18.2. The number of ether oxygens (including phenoxy) is 1. The molecule has 0 amide bonds. The minimum absolute atomic E-state index is 0.257. The van der Waals surface area contributed by atoms with E-state index in [1.165, 1.54) is 11.5 Å². The van der Waals surface area contributed by atoms with Gasteiger partial charge in [0.05, 0.1) is 29.2 Å². The maximum Gasteiger partial charge on any atom is 0.528 e. The summed E-state index contributed by atoms with van der Waals surface area (Å²) in [4.78, 5) is 22.6. The van der Waals surface area contributed by atoms with Crippen LogP contribution in [0.25, 0.3) is 15.9 Å². The summed E-state index contributed by atoms with van der Waals surface area (Å²) in [5, 5.41) is 11.4. The third kappa shape index (κ3) is 5.00. The first kappa shape index (κ1) is 25.2. The van der Waals surface area contributed by atoms with Gasteiger partial charge in [-0.1, -0.05) is 11.6 Å². The molecule has 4 heterocycles. The third-order valence-corrected chi connectivity index (χ3v) is 8.08. The molecule has 198 valence electrons. The van der Waals surface area contributed by atoms with Crippen LogP contribution in [-0.2, 0) is 22.7 Å². The number of pyridine rings is 1. The molecule has 0 spiro atoms. The number of nitrogens with zero attached hydrogens (tertiary/aromatic N) is 6. The van der Waals surface area contributed by atoms with E-state index in [-0.39, 0.29) is 12.5 Å². The zero-order chi connectivity index (χ0) is 26.4. The summed E-state index contributed by atoms with van der Waals surface area (Å²) in [7, 11) is 0. The van der Waals surface area contributed by atoms with E-state index >= 15 is 0 Å². The van der Waals surface area contributed by atoms with Crippen LogP contribution in [0.2, 0.25) is 5.02 Å². The predicted octanol–water partition coefficient (Wildman–Crippen LogP) is 6.55. The van der Waals surface area contributed by atoms with Gasteiger partial charge in [-0.2, -0.15) is 4.37 Å². The monoisotopic (exact) mass is 552 g/mol. The first-order valence-corrected chi connectivity index (χ1v) is 14.0. The van der Waals surface area contributed by atoms with E-state index in [0.29, 0.717) is 23.3 Å². The number of benzene rings is 1. The number of carbonyl (C=O) groups is 1. The van der Waals surface area contributed by atoms with Gasteiger partial charge in [0.2, 0.25) is 0 Å². The number of rotatable bonds is 3. The number of fused-ring (bicyclic) bond motifs is 4. The van der Waals surface area contributed by atoms with Gasteiger partial charge in [-0.25, -0.2) is 4.79 Å². The van der Waals surface area contributed by atoms with Gasteiger partial charge in [-0.15, -0.1) is 15.3 Å². The summed E-state index contributed by atoms with van der Waals surface area (Å²) in [5.41, 5.74) is 3.38. The molecule has 1 aliphatic carbocycles. The molecule has 11 heteroatoms. The lowest BCUT2D eigenvalue weighted by atomic mass is 9.80. The first-order valence-electron chi connectivity index (χ1n) is 12.8. The number of hydrogen-bond donors (Lipinski definition) is 0. The molecule has 1 fully saturated rings. The van der Waals surface area contributed by atoms with Crippen LogP contribution >= 0.6 is 23.1 Å². The number of halogens is 1. The van der Waals surface area contributed by atoms with Crippen LogP contribution in [0, 0.1) is 0 Å². The maximum absolute atomic E-state index is 12.4. The van der Waals surface area contributed by atoms with Gasteiger partial charge in [0, 0.05) is 23.1 Å². The van der Waals surface area contributed by atoms with Crippen LogP contribution in [0.3, 0.4) is 0 Å². The topological polar surface area (TPSA) is 95.3 Å². The van der Waals surface area contributed by atoms with Gasteiger partial charge in [0.1, 0.15) is 16.9 Å². The van der Waals surface area contributed by atoms with Gasteiger partial charge in [0.15, 0.2) is 5.82 Å². The Morgan fingerprint density at radius 2 is 1.87 bits per heavy atom. The van der Waals surface area contributed by atoms with Crippen molar-refractivity contribution in [1.29, 1.82) is 0 Å². The van der Waals surface area contributed by atoms with E-state index in [1.807, 2.05) is 30.5 Å². The Morgan fingerprint density at radius 1 is 1.08 bits per heavy atom. The molecule has 3 aromatic heterocycles. The molecule has 0 saturated heterocycles. The van der Waals surface area contributed by atoms with E-state index in [1.54, 1.807) is 25.8 Å². The minimum atomic E-state index is -0.753. The van der Waals surface area contributed by atoms with E-state index < -0.39 is 11.8 Å². The van der Waals surface area contributed by atoms with Crippen LogP contribution in [0.15, 0.2) is 36.5 Å². The summed E-state index contributed by atoms with van der Waals surface area (Å²) in [5.74, 6) is 2.29. The lowest BCUT2D eigenvalue weighted by Gasteiger charge is -2.27. The zero-order valence-corrected chi connectivity index (χ0v) is 23.1. The van der Waals surface area contributed by atoms with Gasteiger partial charge < -0.3 is 9.57 Å². The smallest absolute Gasteiger partial charge is 0.427 e. The van der Waals surface area contributed by atoms with E-state index in [9.17, 15) is 4.79 Å². The molecule has 9 nitrogen and oxygen atoms in total.